The van der Waals surface area contributed by atoms with Crippen molar-refractivity contribution in [2.45, 2.75) is 32.1 Å². The second-order valence-electron chi connectivity index (χ2n) is 5.96. The predicted octanol–water partition coefficient (Wildman–Crippen LogP) is 0.633. The first kappa shape index (κ1) is 18.6. The molecule has 1 aliphatic carbocycles. The highest BCUT2D eigenvalue weighted by Gasteiger charge is 2.20. The molecule has 124 valence electrons. The molecule has 0 unspecified atom stereocenters. The third-order valence-electron chi connectivity index (χ3n) is 4.01. The quantitative estimate of drug-likeness (QED) is 0.861. The van der Waals surface area contributed by atoms with E-state index < -0.39 is 0 Å². The van der Waals surface area contributed by atoms with Crippen LogP contribution in [0.2, 0.25) is 0 Å². The molecule has 0 saturated heterocycles. The maximum atomic E-state index is 12.3. The van der Waals surface area contributed by atoms with E-state index in [-0.39, 0.29) is 30.3 Å². The van der Waals surface area contributed by atoms with Crippen molar-refractivity contribution in [3.8, 4) is 0 Å². The van der Waals surface area contributed by atoms with E-state index in [2.05, 4.69) is 10.2 Å². The Morgan fingerprint density at radius 3 is 2.41 bits per heavy atom. The van der Waals surface area contributed by atoms with E-state index >= 15 is 0 Å². The zero-order chi connectivity index (χ0) is 15.4. The van der Waals surface area contributed by atoms with Crippen LogP contribution >= 0.6 is 12.4 Å². The highest BCUT2D eigenvalue weighted by molar-refractivity contribution is 5.85. The zero-order valence-corrected chi connectivity index (χ0v) is 14.3. The largest absolute Gasteiger partial charge is 0.344 e. The van der Waals surface area contributed by atoms with Crippen molar-refractivity contribution in [2.75, 3.05) is 34.2 Å². The Labute approximate surface area is 137 Å². The number of likely N-dealkylation sites (N-methyl/N-ethyl adjacent to an activating group) is 2. The molecule has 7 heteroatoms. The molecule has 1 aromatic heterocycles. The van der Waals surface area contributed by atoms with Crippen LogP contribution in [0.1, 0.15) is 29.7 Å². The number of hydrogen-bond acceptors (Lipinski definition) is 4. The maximum absolute atomic E-state index is 12.3. The van der Waals surface area contributed by atoms with Gasteiger partial charge in [-0.15, -0.1) is 12.4 Å². The van der Waals surface area contributed by atoms with Crippen LogP contribution in [-0.4, -0.2) is 60.1 Å². The molecule has 0 aliphatic heterocycles. The van der Waals surface area contributed by atoms with Crippen molar-refractivity contribution in [1.29, 1.82) is 0 Å². The van der Waals surface area contributed by atoms with Crippen molar-refractivity contribution >= 4 is 18.3 Å². The second kappa shape index (κ2) is 8.29. The van der Waals surface area contributed by atoms with E-state index in [4.69, 9.17) is 0 Å². The van der Waals surface area contributed by atoms with Gasteiger partial charge in [-0.2, -0.15) is 5.10 Å². The number of nitrogens with zero attached hydrogens (tertiary/aromatic N) is 3. The monoisotopic (exact) mass is 328 g/mol. The molecule has 1 aromatic rings. The molecule has 1 N–H and O–H groups in total. The van der Waals surface area contributed by atoms with Crippen LogP contribution < -0.4 is 5.56 Å². The summed E-state index contributed by atoms with van der Waals surface area (Å²) in [4.78, 5) is 27.8. The molecule has 22 heavy (non-hydrogen) atoms. The van der Waals surface area contributed by atoms with Crippen LogP contribution in [-0.2, 0) is 24.1 Å². The first-order valence-electron chi connectivity index (χ1n) is 7.47. The van der Waals surface area contributed by atoms with Crippen LogP contribution in [0.25, 0.3) is 0 Å². The SMILES string of the molecule is CN(C)CCN(C)C(=O)Cc1n[nH]c(=O)c2c1CCCC2.Cl. The fourth-order valence-corrected chi connectivity index (χ4v) is 2.63. The van der Waals surface area contributed by atoms with E-state index in [0.717, 1.165) is 49.0 Å². The van der Waals surface area contributed by atoms with Gasteiger partial charge < -0.3 is 9.80 Å². The minimum absolute atomic E-state index is 0. The summed E-state index contributed by atoms with van der Waals surface area (Å²) in [6.07, 6.45) is 4.02. The van der Waals surface area contributed by atoms with E-state index in [9.17, 15) is 9.59 Å². The summed E-state index contributed by atoms with van der Waals surface area (Å²) >= 11 is 0. The zero-order valence-electron chi connectivity index (χ0n) is 13.5. The summed E-state index contributed by atoms with van der Waals surface area (Å²) in [5.74, 6) is 0.0455. The summed E-state index contributed by atoms with van der Waals surface area (Å²) in [6.45, 7) is 1.52. The highest BCUT2D eigenvalue weighted by atomic mass is 35.5. The Bertz CT molecular complexity index is 571. The summed E-state index contributed by atoms with van der Waals surface area (Å²) in [5, 5.41) is 6.65. The van der Waals surface area contributed by atoms with Crippen molar-refractivity contribution in [2.24, 2.45) is 0 Å². The Kier molecular flexibility index (Phi) is 7.03. The van der Waals surface area contributed by atoms with Gasteiger partial charge in [-0.3, -0.25) is 9.59 Å². The number of carbonyl (C=O) groups excluding carboxylic acids is 1. The number of rotatable bonds is 5. The number of carbonyl (C=O) groups is 1. The van der Waals surface area contributed by atoms with Crippen LogP contribution in [0.15, 0.2) is 4.79 Å². The number of halogens is 1. The minimum atomic E-state index is -0.0955. The third-order valence-corrected chi connectivity index (χ3v) is 4.01. The Balaban J connectivity index is 0.00000242. The Morgan fingerprint density at radius 2 is 1.77 bits per heavy atom. The molecule has 0 fully saturated rings. The van der Waals surface area contributed by atoms with Crippen LogP contribution in [0.3, 0.4) is 0 Å². The lowest BCUT2D eigenvalue weighted by Crippen LogP contribution is -2.35. The molecule has 0 spiro atoms. The molecule has 0 bridgehead atoms. The fraction of sp³-hybridized carbons (Fsp3) is 0.667. The summed E-state index contributed by atoms with van der Waals surface area (Å²) in [6, 6.07) is 0. The Hall–Kier alpha value is -1.40. The van der Waals surface area contributed by atoms with Gasteiger partial charge in [0, 0.05) is 25.7 Å². The summed E-state index contributed by atoms with van der Waals surface area (Å²) < 4.78 is 0. The van der Waals surface area contributed by atoms with Gasteiger partial charge in [-0.05, 0) is 45.3 Å². The van der Waals surface area contributed by atoms with Gasteiger partial charge in [0.2, 0.25) is 5.91 Å². The standard InChI is InChI=1S/C15H24N4O2.ClH/c1-18(2)8-9-19(3)14(20)10-13-11-6-4-5-7-12(11)15(21)17-16-13;/h4-10H2,1-3H3,(H,17,21);1H. The number of aromatic amines is 1. The molecule has 2 rings (SSSR count). The average Bonchev–Trinajstić information content (AvgIpc) is 2.47. The number of fused-ring (bicyclic) bond motifs is 1. The van der Waals surface area contributed by atoms with E-state index in [1.54, 1.807) is 4.90 Å². The van der Waals surface area contributed by atoms with Gasteiger partial charge in [0.15, 0.2) is 0 Å². The second-order valence-corrected chi connectivity index (χ2v) is 5.96. The average molecular weight is 329 g/mol. The first-order chi connectivity index (χ1) is 9.99. The first-order valence-corrected chi connectivity index (χ1v) is 7.47. The van der Waals surface area contributed by atoms with Gasteiger partial charge in [-0.25, -0.2) is 5.10 Å². The normalized spacial score (nSPS) is 13.5. The van der Waals surface area contributed by atoms with E-state index in [1.165, 1.54) is 0 Å². The number of nitrogens with one attached hydrogen (secondary N) is 1. The van der Waals surface area contributed by atoms with Crippen LogP contribution in [0.5, 0.6) is 0 Å². The van der Waals surface area contributed by atoms with Crippen molar-refractivity contribution in [1.82, 2.24) is 20.0 Å². The molecular weight excluding hydrogens is 304 g/mol. The molecule has 0 atom stereocenters. The smallest absolute Gasteiger partial charge is 0.267 e. The highest BCUT2D eigenvalue weighted by Crippen LogP contribution is 2.20. The fourth-order valence-electron chi connectivity index (χ4n) is 2.63. The number of aromatic nitrogens is 2. The lowest BCUT2D eigenvalue weighted by molar-refractivity contribution is -0.129. The van der Waals surface area contributed by atoms with Crippen molar-refractivity contribution in [3.05, 3.63) is 27.2 Å². The lowest BCUT2D eigenvalue weighted by atomic mass is 9.91. The van der Waals surface area contributed by atoms with E-state index in [0.29, 0.717) is 6.54 Å². The summed E-state index contributed by atoms with van der Waals surface area (Å²) in [7, 11) is 5.78. The molecule has 6 nitrogen and oxygen atoms in total. The van der Waals surface area contributed by atoms with Gasteiger partial charge in [-0.1, -0.05) is 0 Å². The Morgan fingerprint density at radius 1 is 1.14 bits per heavy atom. The van der Waals surface area contributed by atoms with Crippen LogP contribution in [0, 0.1) is 0 Å². The molecule has 1 aliphatic rings. The van der Waals surface area contributed by atoms with Gasteiger partial charge in [0.05, 0.1) is 12.1 Å². The predicted molar refractivity (Wildman–Crippen MR) is 88.6 cm³/mol. The number of amides is 1. The van der Waals surface area contributed by atoms with E-state index in [1.807, 2.05) is 26.0 Å². The number of H-pyrrole nitrogens is 1. The third kappa shape index (κ3) is 4.55. The molecular formula is C15H25ClN4O2. The number of hydrogen-bond donors (Lipinski definition) is 1. The van der Waals surface area contributed by atoms with Crippen molar-refractivity contribution < 1.29 is 4.79 Å². The van der Waals surface area contributed by atoms with Crippen molar-refractivity contribution in [3.63, 3.8) is 0 Å². The molecule has 1 heterocycles. The minimum Gasteiger partial charge on any atom is -0.344 e. The van der Waals surface area contributed by atoms with Crippen LogP contribution in [0.4, 0.5) is 0 Å². The maximum Gasteiger partial charge on any atom is 0.267 e. The lowest BCUT2D eigenvalue weighted by Gasteiger charge is -2.21. The van der Waals surface area contributed by atoms with Gasteiger partial charge in [0.25, 0.3) is 5.56 Å². The summed E-state index contributed by atoms with van der Waals surface area (Å²) in [5.41, 5.74) is 2.47. The topological polar surface area (TPSA) is 69.3 Å². The molecule has 0 radical (unpaired) electrons. The molecule has 0 saturated carbocycles. The van der Waals surface area contributed by atoms with Gasteiger partial charge >= 0.3 is 0 Å². The van der Waals surface area contributed by atoms with Gasteiger partial charge in [0.1, 0.15) is 0 Å². The molecule has 1 amide bonds. The molecule has 0 aromatic carbocycles.